The number of guanidine groups is 1. The lowest BCUT2D eigenvalue weighted by Crippen LogP contribution is -2.49. The van der Waals surface area contributed by atoms with E-state index in [-0.39, 0.29) is 40.7 Å². The number of halogens is 1. The Morgan fingerprint density at radius 3 is 2.41 bits per heavy atom. The second-order valence-electron chi connectivity index (χ2n) is 8.34. The van der Waals surface area contributed by atoms with Gasteiger partial charge in [-0.05, 0) is 12.8 Å². The molecule has 0 aliphatic heterocycles. The molecule has 154 valence electrons. The van der Waals surface area contributed by atoms with Crippen molar-refractivity contribution >= 4 is 47.2 Å². The first-order chi connectivity index (χ1) is 12.2. The average molecular weight is 507 g/mol. The Labute approximate surface area is 184 Å². The van der Waals surface area contributed by atoms with Gasteiger partial charge in [0.15, 0.2) is 5.96 Å². The Balaban J connectivity index is 0.00000364. The molecule has 0 bridgehead atoms. The molecule has 0 aromatic carbocycles. The number of nitrogens with zero attached hydrogens (tertiary/aromatic N) is 3. The molecule has 1 fully saturated rings. The third-order valence-electron chi connectivity index (χ3n) is 4.97. The van der Waals surface area contributed by atoms with Gasteiger partial charge < -0.3 is 15.5 Å². The molecule has 1 aromatic rings. The minimum Gasteiger partial charge on any atom is -0.355 e. The summed E-state index contributed by atoms with van der Waals surface area (Å²) in [5.41, 5.74) is 0.876. The Hall–Kier alpha value is -0.900. The SMILES string of the molecule is CN=C(NCc1nc(C(C)(C)C)cs1)NCC1(C(=O)N(C)C)CCCC1.I. The molecule has 2 N–H and O–H groups in total. The van der Waals surface area contributed by atoms with Gasteiger partial charge in [-0.2, -0.15) is 0 Å². The highest BCUT2D eigenvalue weighted by Crippen LogP contribution is 2.38. The van der Waals surface area contributed by atoms with Crippen LogP contribution >= 0.6 is 35.3 Å². The van der Waals surface area contributed by atoms with Crippen LogP contribution in [0.1, 0.15) is 57.2 Å². The van der Waals surface area contributed by atoms with E-state index in [1.54, 1.807) is 23.3 Å². The summed E-state index contributed by atoms with van der Waals surface area (Å²) in [4.78, 5) is 23.4. The molecule has 1 aliphatic rings. The van der Waals surface area contributed by atoms with Gasteiger partial charge in [0.25, 0.3) is 0 Å². The number of hydrogen-bond donors (Lipinski definition) is 2. The van der Waals surface area contributed by atoms with Crippen molar-refractivity contribution in [2.75, 3.05) is 27.7 Å². The fourth-order valence-corrected chi connectivity index (χ4v) is 4.32. The van der Waals surface area contributed by atoms with E-state index in [0.717, 1.165) is 42.3 Å². The highest BCUT2D eigenvalue weighted by molar-refractivity contribution is 14.0. The topological polar surface area (TPSA) is 69.6 Å². The molecule has 0 atom stereocenters. The van der Waals surface area contributed by atoms with Crippen LogP contribution in [0.2, 0.25) is 0 Å². The van der Waals surface area contributed by atoms with E-state index < -0.39 is 0 Å². The van der Waals surface area contributed by atoms with E-state index >= 15 is 0 Å². The molecule has 1 aromatic heterocycles. The van der Waals surface area contributed by atoms with Crippen LogP contribution in [0, 0.1) is 5.41 Å². The molecular weight excluding hydrogens is 473 g/mol. The molecule has 8 heteroatoms. The van der Waals surface area contributed by atoms with Crippen LogP contribution in [0.3, 0.4) is 0 Å². The number of aromatic nitrogens is 1. The van der Waals surface area contributed by atoms with Gasteiger partial charge in [-0.3, -0.25) is 9.79 Å². The largest absolute Gasteiger partial charge is 0.355 e. The maximum absolute atomic E-state index is 12.7. The number of rotatable bonds is 5. The fourth-order valence-electron chi connectivity index (χ4n) is 3.36. The zero-order valence-corrected chi connectivity index (χ0v) is 20.5. The first kappa shape index (κ1) is 24.1. The number of nitrogens with one attached hydrogen (secondary N) is 2. The molecule has 0 unspecified atom stereocenters. The lowest BCUT2D eigenvalue weighted by atomic mass is 9.84. The highest BCUT2D eigenvalue weighted by Gasteiger charge is 2.42. The molecule has 6 nitrogen and oxygen atoms in total. The lowest BCUT2D eigenvalue weighted by Gasteiger charge is -2.31. The average Bonchev–Trinajstić information content (AvgIpc) is 3.24. The number of thiazole rings is 1. The van der Waals surface area contributed by atoms with E-state index in [1.807, 2.05) is 14.1 Å². The standard InChI is InChI=1S/C19H33N5OS.HI/c1-18(2,3)14-12-26-15(23-14)11-21-17(20-4)22-13-19(9-7-8-10-19)16(25)24(5)6;/h12H,7-11,13H2,1-6H3,(H2,20,21,22);1H. The van der Waals surface area contributed by atoms with Crippen molar-refractivity contribution in [2.45, 2.75) is 58.4 Å². The highest BCUT2D eigenvalue weighted by atomic mass is 127. The predicted octanol–water partition coefficient (Wildman–Crippen LogP) is 3.37. The van der Waals surface area contributed by atoms with Crippen LogP contribution in [0.5, 0.6) is 0 Å². The summed E-state index contributed by atoms with van der Waals surface area (Å²) < 4.78 is 0. The van der Waals surface area contributed by atoms with Crippen molar-refractivity contribution in [3.63, 3.8) is 0 Å². The smallest absolute Gasteiger partial charge is 0.230 e. The minimum atomic E-state index is -0.304. The van der Waals surface area contributed by atoms with Crippen molar-refractivity contribution < 1.29 is 4.79 Å². The van der Waals surface area contributed by atoms with E-state index in [9.17, 15) is 4.79 Å². The van der Waals surface area contributed by atoms with Gasteiger partial charge in [0.1, 0.15) is 5.01 Å². The molecule has 27 heavy (non-hydrogen) atoms. The van der Waals surface area contributed by atoms with Gasteiger partial charge in [-0.15, -0.1) is 35.3 Å². The van der Waals surface area contributed by atoms with Crippen molar-refractivity contribution in [1.29, 1.82) is 0 Å². The normalized spacial score (nSPS) is 16.6. The Kier molecular flexibility index (Phi) is 8.98. The van der Waals surface area contributed by atoms with Gasteiger partial charge in [-0.25, -0.2) is 4.98 Å². The maximum atomic E-state index is 12.7. The molecule has 0 spiro atoms. The van der Waals surface area contributed by atoms with Crippen molar-refractivity contribution in [3.8, 4) is 0 Å². The third kappa shape index (κ3) is 6.30. The molecule has 1 heterocycles. The summed E-state index contributed by atoms with van der Waals surface area (Å²) in [5, 5.41) is 9.85. The van der Waals surface area contributed by atoms with Gasteiger partial charge in [-0.1, -0.05) is 33.6 Å². The Morgan fingerprint density at radius 1 is 1.30 bits per heavy atom. The molecule has 1 aliphatic carbocycles. The number of aliphatic imine (C=N–C) groups is 1. The molecule has 2 rings (SSSR count). The van der Waals surface area contributed by atoms with E-state index in [1.165, 1.54) is 0 Å². The fraction of sp³-hybridized carbons (Fsp3) is 0.737. The summed E-state index contributed by atoms with van der Waals surface area (Å²) in [6.07, 6.45) is 4.11. The maximum Gasteiger partial charge on any atom is 0.230 e. The van der Waals surface area contributed by atoms with Gasteiger partial charge in [0, 0.05) is 38.5 Å². The summed E-state index contributed by atoms with van der Waals surface area (Å²) in [6, 6.07) is 0. The van der Waals surface area contributed by atoms with Crippen LogP contribution in [0.15, 0.2) is 10.4 Å². The number of amides is 1. The number of hydrogen-bond acceptors (Lipinski definition) is 4. The van der Waals surface area contributed by atoms with Crippen molar-refractivity contribution in [3.05, 3.63) is 16.1 Å². The molecule has 1 saturated carbocycles. The third-order valence-corrected chi connectivity index (χ3v) is 5.81. The molecular formula is C19H34IN5OS. The summed E-state index contributed by atoms with van der Waals surface area (Å²) in [7, 11) is 5.43. The lowest BCUT2D eigenvalue weighted by molar-refractivity contribution is -0.138. The van der Waals surface area contributed by atoms with Gasteiger partial charge in [0.2, 0.25) is 5.91 Å². The quantitative estimate of drug-likeness (QED) is 0.364. The van der Waals surface area contributed by atoms with Crippen LogP contribution in [-0.4, -0.2) is 49.4 Å². The monoisotopic (exact) mass is 507 g/mol. The van der Waals surface area contributed by atoms with E-state index in [2.05, 4.69) is 41.8 Å². The zero-order chi connectivity index (χ0) is 19.4. The van der Waals surface area contributed by atoms with Crippen molar-refractivity contribution in [2.24, 2.45) is 10.4 Å². The van der Waals surface area contributed by atoms with Gasteiger partial charge >= 0.3 is 0 Å². The molecule has 1 amide bonds. The second-order valence-corrected chi connectivity index (χ2v) is 9.29. The van der Waals surface area contributed by atoms with E-state index in [0.29, 0.717) is 13.1 Å². The number of carbonyl (C=O) groups is 1. The Bertz CT molecular complexity index is 645. The first-order valence-corrected chi connectivity index (χ1v) is 10.2. The van der Waals surface area contributed by atoms with Crippen LogP contribution < -0.4 is 10.6 Å². The minimum absolute atomic E-state index is 0. The summed E-state index contributed by atoms with van der Waals surface area (Å²) in [5.74, 6) is 0.933. The van der Waals surface area contributed by atoms with Gasteiger partial charge in [0.05, 0.1) is 17.7 Å². The van der Waals surface area contributed by atoms with Crippen LogP contribution in [0.4, 0.5) is 0 Å². The van der Waals surface area contributed by atoms with E-state index in [4.69, 9.17) is 4.98 Å². The number of carbonyl (C=O) groups excluding carboxylic acids is 1. The second kappa shape index (κ2) is 10.0. The van der Waals surface area contributed by atoms with Crippen LogP contribution in [0.25, 0.3) is 0 Å². The van der Waals surface area contributed by atoms with Crippen LogP contribution in [-0.2, 0) is 16.8 Å². The van der Waals surface area contributed by atoms with Crippen molar-refractivity contribution in [1.82, 2.24) is 20.5 Å². The summed E-state index contributed by atoms with van der Waals surface area (Å²) >= 11 is 1.66. The zero-order valence-electron chi connectivity index (χ0n) is 17.4. The molecule has 0 saturated heterocycles. The Morgan fingerprint density at radius 2 is 1.93 bits per heavy atom. The molecule has 0 radical (unpaired) electrons. The summed E-state index contributed by atoms with van der Waals surface area (Å²) in [6.45, 7) is 7.76. The first-order valence-electron chi connectivity index (χ1n) is 9.29. The predicted molar refractivity (Wildman–Crippen MR) is 124 cm³/mol.